The maximum Gasteiger partial charge on any atom is 0.120 e. The van der Waals surface area contributed by atoms with Crippen molar-refractivity contribution in [2.45, 2.75) is 25.5 Å². The fraction of sp³-hybridized carbons (Fsp3) is 0.429. The van der Waals surface area contributed by atoms with Crippen molar-refractivity contribution < 1.29 is 9.47 Å². The van der Waals surface area contributed by atoms with E-state index in [1.54, 1.807) is 0 Å². The molecule has 1 unspecified atom stereocenters. The number of fused-ring (bicyclic) bond motifs is 1. The molecule has 0 saturated carbocycles. The number of epoxide rings is 1. The lowest BCUT2D eigenvalue weighted by molar-refractivity contribution is 0.263. The van der Waals surface area contributed by atoms with Gasteiger partial charge in [0.1, 0.15) is 18.5 Å². The number of nitrogens with one attached hydrogen (secondary N) is 1. The van der Waals surface area contributed by atoms with Crippen molar-refractivity contribution in [2.24, 2.45) is 5.73 Å². The Kier molecular flexibility index (Phi) is 2.97. The number of nitrogens with two attached hydrogens (primary N) is 1. The second kappa shape index (κ2) is 4.63. The highest BCUT2D eigenvalue weighted by atomic mass is 16.6. The average molecular weight is 246 g/mol. The summed E-state index contributed by atoms with van der Waals surface area (Å²) in [6, 6.07) is 6.26. The summed E-state index contributed by atoms with van der Waals surface area (Å²) in [5.74, 6) is 0.892. The summed E-state index contributed by atoms with van der Waals surface area (Å²) >= 11 is 0. The van der Waals surface area contributed by atoms with E-state index in [0.29, 0.717) is 6.61 Å². The maximum atomic E-state index is 5.86. The Morgan fingerprint density at radius 1 is 1.56 bits per heavy atom. The first-order chi connectivity index (χ1) is 8.72. The van der Waals surface area contributed by atoms with E-state index in [9.17, 15) is 0 Å². The van der Waals surface area contributed by atoms with Gasteiger partial charge in [-0.2, -0.15) is 0 Å². The molecular weight excluding hydrogens is 228 g/mol. The number of aromatic nitrogens is 1. The molecule has 0 amide bonds. The first-order valence-corrected chi connectivity index (χ1v) is 6.32. The largest absolute Gasteiger partial charge is 0.491 e. The Hall–Kier alpha value is -1.52. The van der Waals surface area contributed by atoms with Gasteiger partial charge in [0.05, 0.1) is 6.61 Å². The van der Waals surface area contributed by atoms with Crippen LogP contribution in [0.2, 0.25) is 0 Å². The first-order valence-electron chi connectivity index (χ1n) is 6.32. The molecule has 4 heteroatoms. The lowest BCUT2D eigenvalue weighted by atomic mass is 10.1. The van der Waals surface area contributed by atoms with Crippen molar-refractivity contribution in [3.8, 4) is 5.75 Å². The molecule has 1 aliphatic heterocycles. The molecule has 2 atom stereocenters. The van der Waals surface area contributed by atoms with Gasteiger partial charge >= 0.3 is 0 Å². The van der Waals surface area contributed by atoms with Crippen LogP contribution in [0.4, 0.5) is 0 Å². The third-order valence-electron chi connectivity index (χ3n) is 3.12. The van der Waals surface area contributed by atoms with E-state index in [1.165, 1.54) is 10.9 Å². The van der Waals surface area contributed by atoms with Gasteiger partial charge in [-0.25, -0.2) is 0 Å². The van der Waals surface area contributed by atoms with E-state index in [2.05, 4.69) is 11.1 Å². The van der Waals surface area contributed by atoms with Crippen molar-refractivity contribution in [3.05, 3.63) is 30.0 Å². The number of hydrogen-bond donors (Lipinski definition) is 2. The molecule has 0 spiro atoms. The first kappa shape index (κ1) is 11.6. The standard InChI is InChI=1S/C14H18N2O2/c1-9(15)4-10-6-16-14-3-2-11(5-13(10)14)17-7-12-8-18-12/h2-3,5-6,9,12,16H,4,7-8,15H2,1H3/t9-,12?/m1/s1. The Balaban J connectivity index is 1.83. The predicted octanol–water partition coefficient (Wildman–Crippen LogP) is 1.84. The van der Waals surface area contributed by atoms with Crippen molar-refractivity contribution in [1.29, 1.82) is 0 Å². The molecule has 1 aromatic heterocycles. The smallest absolute Gasteiger partial charge is 0.120 e. The van der Waals surface area contributed by atoms with Crippen LogP contribution >= 0.6 is 0 Å². The number of hydrogen-bond acceptors (Lipinski definition) is 3. The zero-order valence-corrected chi connectivity index (χ0v) is 10.5. The van der Waals surface area contributed by atoms with E-state index in [4.69, 9.17) is 15.2 Å². The minimum absolute atomic E-state index is 0.161. The predicted molar refractivity (Wildman–Crippen MR) is 70.9 cm³/mol. The minimum atomic E-state index is 0.161. The number of benzene rings is 1. The van der Waals surface area contributed by atoms with Crippen LogP contribution in [-0.4, -0.2) is 30.3 Å². The Bertz CT molecular complexity index is 544. The van der Waals surface area contributed by atoms with Gasteiger partial charge in [-0.3, -0.25) is 0 Å². The van der Waals surface area contributed by atoms with Crippen LogP contribution in [0.3, 0.4) is 0 Å². The molecule has 0 aliphatic carbocycles. The topological polar surface area (TPSA) is 63.6 Å². The monoisotopic (exact) mass is 246 g/mol. The summed E-state index contributed by atoms with van der Waals surface area (Å²) in [4.78, 5) is 3.26. The Labute approximate surface area is 106 Å². The SMILES string of the molecule is C[C@@H](N)Cc1c[nH]c2ccc(OCC3CO3)cc12. The number of aromatic amines is 1. The molecule has 1 saturated heterocycles. The van der Waals surface area contributed by atoms with E-state index in [0.717, 1.165) is 24.3 Å². The summed E-state index contributed by atoms with van der Waals surface area (Å²) in [6.07, 6.45) is 3.19. The van der Waals surface area contributed by atoms with Gasteiger partial charge in [0.2, 0.25) is 0 Å². The fourth-order valence-electron chi connectivity index (χ4n) is 2.12. The third kappa shape index (κ3) is 2.49. The van der Waals surface area contributed by atoms with Crippen molar-refractivity contribution >= 4 is 10.9 Å². The van der Waals surface area contributed by atoms with Gasteiger partial charge in [-0.15, -0.1) is 0 Å². The number of H-pyrrole nitrogens is 1. The molecule has 0 radical (unpaired) electrons. The average Bonchev–Trinajstić information content (AvgIpc) is 3.10. The van der Waals surface area contributed by atoms with E-state index in [1.807, 2.05) is 25.3 Å². The lowest BCUT2D eigenvalue weighted by Crippen LogP contribution is -2.17. The number of ether oxygens (including phenoxy) is 2. The molecule has 0 bridgehead atoms. The van der Waals surface area contributed by atoms with E-state index < -0.39 is 0 Å². The normalized spacial score (nSPS) is 20.0. The van der Waals surface area contributed by atoms with E-state index in [-0.39, 0.29) is 12.1 Å². The molecule has 1 aromatic carbocycles. The zero-order chi connectivity index (χ0) is 12.5. The molecule has 2 aromatic rings. The summed E-state index contributed by atoms with van der Waals surface area (Å²) in [5.41, 5.74) is 8.23. The second-order valence-electron chi connectivity index (χ2n) is 4.97. The van der Waals surface area contributed by atoms with Crippen molar-refractivity contribution in [3.63, 3.8) is 0 Å². The fourth-order valence-corrected chi connectivity index (χ4v) is 2.12. The summed E-state index contributed by atoms with van der Waals surface area (Å²) < 4.78 is 10.8. The highest BCUT2D eigenvalue weighted by Gasteiger charge is 2.23. The van der Waals surface area contributed by atoms with Crippen LogP contribution in [0.1, 0.15) is 12.5 Å². The van der Waals surface area contributed by atoms with Gasteiger partial charge < -0.3 is 20.2 Å². The third-order valence-corrected chi connectivity index (χ3v) is 3.12. The molecule has 96 valence electrons. The van der Waals surface area contributed by atoms with Crippen LogP contribution in [0, 0.1) is 0 Å². The van der Waals surface area contributed by atoms with Gasteiger partial charge in [0.15, 0.2) is 0 Å². The zero-order valence-electron chi connectivity index (χ0n) is 10.5. The van der Waals surface area contributed by atoms with Crippen molar-refractivity contribution in [1.82, 2.24) is 4.98 Å². The van der Waals surface area contributed by atoms with Crippen LogP contribution in [0.25, 0.3) is 10.9 Å². The number of rotatable bonds is 5. The van der Waals surface area contributed by atoms with Gasteiger partial charge in [-0.1, -0.05) is 0 Å². The molecule has 1 aliphatic rings. The molecule has 2 heterocycles. The lowest BCUT2D eigenvalue weighted by Gasteiger charge is -2.06. The maximum absolute atomic E-state index is 5.86. The molecule has 3 rings (SSSR count). The van der Waals surface area contributed by atoms with Crippen LogP contribution in [0.5, 0.6) is 5.75 Å². The molecule has 1 fully saturated rings. The summed E-state index contributed by atoms with van der Waals surface area (Å²) in [7, 11) is 0. The second-order valence-corrected chi connectivity index (χ2v) is 4.97. The van der Waals surface area contributed by atoms with Crippen LogP contribution in [-0.2, 0) is 11.2 Å². The van der Waals surface area contributed by atoms with Gasteiger partial charge in [0, 0.05) is 23.1 Å². The summed E-state index contributed by atoms with van der Waals surface area (Å²) in [6.45, 7) is 3.48. The van der Waals surface area contributed by atoms with Crippen molar-refractivity contribution in [2.75, 3.05) is 13.2 Å². The highest BCUT2D eigenvalue weighted by Crippen LogP contribution is 2.25. The van der Waals surface area contributed by atoms with Crippen LogP contribution < -0.4 is 10.5 Å². The molecule has 3 N–H and O–H groups in total. The minimum Gasteiger partial charge on any atom is -0.491 e. The molecule has 18 heavy (non-hydrogen) atoms. The Morgan fingerprint density at radius 2 is 2.39 bits per heavy atom. The quantitative estimate of drug-likeness (QED) is 0.791. The molecular formula is C14H18N2O2. The highest BCUT2D eigenvalue weighted by molar-refractivity contribution is 5.84. The van der Waals surface area contributed by atoms with Gasteiger partial charge in [-0.05, 0) is 37.1 Å². The van der Waals surface area contributed by atoms with Gasteiger partial charge in [0.25, 0.3) is 0 Å². The Morgan fingerprint density at radius 3 is 3.11 bits per heavy atom. The summed E-state index contributed by atoms with van der Waals surface area (Å²) in [5, 5.41) is 1.20. The van der Waals surface area contributed by atoms with E-state index >= 15 is 0 Å². The van der Waals surface area contributed by atoms with Crippen LogP contribution in [0.15, 0.2) is 24.4 Å². The molecule has 4 nitrogen and oxygen atoms in total.